The van der Waals surface area contributed by atoms with E-state index < -0.39 is 18.2 Å². The standard InChI is InChI=1S/C20H21Cl2N3O4/c1-3-28-16-9-8-13(10-17(16)29-4-2)12-23-25-19(27)11-18(26)24-15-7-5-6-14(21)20(15)22/h5-10,12H,3-4,11H2,1-2H3,(H,24,26)(H,25,27). The highest BCUT2D eigenvalue weighted by Crippen LogP contribution is 2.29. The van der Waals surface area contributed by atoms with Crippen molar-refractivity contribution in [3.8, 4) is 11.5 Å². The molecule has 0 bridgehead atoms. The fraction of sp³-hybridized carbons (Fsp3) is 0.250. The number of nitrogens with zero attached hydrogens (tertiary/aromatic N) is 1. The van der Waals surface area contributed by atoms with Gasteiger partial charge in [0.2, 0.25) is 11.8 Å². The Morgan fingerprint density at radius 1 is 1.03 bits per heavy atom. The number of hydrogen-bond donors (Lipinski definition) is 2. The Morgan fingerprint density at radius 3 is 2.48 bits per heavy atom. The average Bonchev–Trinajstić information content (AvgIpc) is 2.67. The number of nitrogens with one attached hydrogen (secondary N) is 2. The first-order chi connectivity index (χ1) is 13.9. The molecule has 0 heterocycles. The molecule has 2 rings (SSSR count). The molecule has 2 amide bonds. The van der Waals surface area contributed by atoms with Crippen LogP contribution < -0.4 is 20.2 Å². The summed E-state index contributed by atoms with van der Waals surface area (Å²) in [7, 11) is 0. The van der Waals surface area contributed by atoms with Crippen molar-refractivity contribution in [2.75, 3.05) is 18.5 Å². The molecule has 2 N–H and O–H groups in total. The number of halogens is 2. The van der Waals surface area contributed by atoms with Crippen molar-refractivity contribution in [2.45, 2.75) is 20.3 Å². The highest BCUT2D eigenvalue weighted by molar-refractivity contribution is 6.44. The number of hydrazone groups is 1. The number of rotatable bonds is 9. The van der Waals surface area contributed by atoms with Crippen LogP contribution >= 0.6 is 23.2 Å². The number of carbonyl (C=O) groups is 2. The molecule has 154 valence electrons. The van der Waals surface area contributed by atoms with Crippen LogP contribution in [-0.4, -0.2) is 31.2 Å². The first-order valence-electron chi connectivity index (χ1n) is 8.90. The van der Waals surface area contributed by atoms with Crippen molar-refractivity contribution in [1.82, 2.24) is 5.43 Å². The van der Waals surface area contributed by atoms with Crippen LogP contribution in [0.25, 0.3) is 0 Å². The molecule has 0 aliphatic heterocycles. The lowest BCUT2D eigenvalue weighted by Crippen LogP contribution is -2.24. The van der Waals surface area contributed by atoms with Crippen LogP contribution in [0.4, 0.5) is 5.69 Å². The van der Waals surface area contributed by atoms with Gasteiger partial charge < -0.3 is 14.8 Å². The predicted molar refractivity (Wildman–Crippen MR) is 114 cm³/mol. The molecule has 0 aromatic heterocycles. The van der Waals surface area contributed by atoms with Gasteiger partial charge in [0.05, 0.1) is 35.2 Å². The zero-order valence-corrected chi connectivity index (χ0v) is 17.5. The Morgan fingerprint density at radius 2 is 1.76 bits per heavy atom. The molecule has 0 atom stereocenters. The van der Waals surface area contributed by atoms with Gasteiger partial charge in [-0.15, -0.1) is 0 Å². The zero-order chi connectivity index (χ0) is 21.2. The van der Waals surface area contributed by atoms with E-state index in [0.717, 1.165) is 0 Å². The summed E-state index contributed by atoms with van der Waals surface area (Å²) in [5.74, 6) is 0.101. The quantitative estimate of drug-likeness (QED) is 0.348. The average molecular weight is 438 g/mol. The summed E-state index contributed by atoms with van der Waals surface area (Å²) in [6.45, 7) is 4.77. The Balaban J connectivity index is 1.91. The van der Waals surface area contributed by atoms with E-state index in [1.165, 1.54) is 6.21 Å². The maximum absolute atomic E-state index is 12.0. The van der Waals surface area contributed by atoms with Crippen LogP contribution in [0.15, 0.2) is 41.5 Å². The molecule has 0 unspecified atom stereocenters. The van der Waals surface area contributed by atoms with E-state index in [4.69, 9.17) is 32.7 Å². The first kappa shape index (κ1) is 22.5. The molecule has 7 nitrogen and oxygen atoms in total. The lowest BCUT2D eigenvalue weighted by molar-refractivity contribution is -0.126. The van der Waals surface area contributed by atoms with E-state index in [0.29, 0.717) is 41.0 Å². The highest BCUT2D eigenvalue weighted by atomic mass is 35.5. The van der Waals surface area contributed by atoms with Crippen LogP contribution in [-0.2, 0) is 9.59 Å². The van der Waals surface area contributed by atoms with Gasteiger partial charge in [0.25, 0.3) is 0 Å². The summed E-state index contributed by atoms with van der Waals surface area (Å²) >= 11 is 11.9. The number of carbonyl (C=O) groups excluding carboxylic acids is 2. The molecule has 0 fully saturated rings. The largest absolute Gasteiger partial charge is 0.490 e. The van der Waals surface area contributed by atoms with Gasteiger partial charge in [0.1, 0.15) is 6.42 Å². The van der Waals surface area contributed by atoms with E-state index in [9.17, 15) is 9.59 Å². The number of ether oxygens (including phenoxy) is 2. The molecular formula is C20H21Cl2N3O4. The maximum atomic E-state index is 12.0. The van der Waals surface area contributed by atoms with E-state index >= 15 is 0 Å². The highest BCUT2D eigenvalue weighted by Gasteiger charge is 2.12. The van der Waals surface area contributed by atoms with Crippen LogP contribution in [0.5, 0.6) is 11.5 Å². The van der Waals surface area contributed by atoms with Crippen molar-refractivity contribution in [3.05, 3.63) is 52.0 Å². The summed E-state index contributed by atoms with van der Waals surface area (Å²) in [6.07, 6.45) is 1.02. The van der Waals surface area contributed by atoms with Gasteiger partial charge >= 0.3 is 0 Å². The smallest absolute Gasteiger partial charge is 0.249 e. The minimum atomic E-state index is -0.576. The topological polar surface area (TPSA) is 89.0 Å². The monoisotopic (exact) mass is 437 g/mol. The first-order valence-corrected chi connectivity index (χ1v) is 9.65. The Bertz CT molecular complexity index is 903. The molecule has 0 aliphatic carbocycles. The molecule has 0 aliphatic rings. The number of hydrogen-bond acceptors (Lipinski definition) is 5. The molecular weight excluding hydrogens is 417 g/mol. The van der Waals surface area contributed by atoms with Gasteiger partial charge in [-0.25, -0.2) is 5.43 Å². The van der Waals surface area contributed by atoms with E-state index in [1.807, 2.05) is 13.8 Å². The predicted octanol–water partition coefficient (Wildman–Crippen LogP) is 4.27. The lowest BCUT2D eigenvalue weighted by atomic mass is 10.2. The Kier molecular flexibility index (Phi) is 8.76. The molecule has 0 saturated carbocycles. The van der Waals surface area contributed by atoms with Crippen molar-refractivity contribution < 1.29 is 19.1 Å². The minimum absolute atomic E-state index is 0.210. The normalized spacial score (nSPS) is 10.6. The van der Waals surface area contributed by atoms with Gasteiger partial charge in [-0.3, -0.25) is 9.59 Å². The molecule has 2 aromatic rings. The summed E-state index contributed by atoms with van der Waals surface area (Å²) in [5, 5.41) is 6.91. The summed E-state index contributed by atoms with van der Waals surface area (Å²) in [6, 6.07) is 10.1. The SMILES string of the molecule is CCOc1ccc(C=NNC(=O)CC(=O)Nc2cccc(Cl)c2Cl)cc1OCC. The van der Waals surface area contributed by atoms with Gasteiger partial charge in [-0.05, 0) is 49.7 Å². The van der Waals surface area contributed by atoms with Crippen molar-refractivity contribution in [3.63, 3.8) is 0 Å². The fourth-order valence-corrected chi connectivity index (χ4v) is 2.65. The molecule has 29 heavy (non-hydrogen) atoms. The summed E-state index contributed by atoms with van der Waals surface area (Å²) < 4.78 is 11.0. The zero-order valence-electron chi connectivity index (χ0n) is 16.0. The van der Waals surface area contributed by atoms with Crippen LogP contribution in [0.3, 0.4) is 0 Å². The molecule has 9 heteroatoms. The van der Waals surface area contributed by atoms with Crippen molar-refractivity contribution in [2.24, 2.45) is 5.10 Å². The van der Waals surface area contributed by atoms with Crippen LogP contribution in [0, 0.1) is 0 Å². The number of benzene rings is 2. The second-order valence-corrected chi connectivity index (χ2v) is 6.48. The van der Waals surface area contributed by atoms with E-state index in [2.05, 4.69) is 15.8 Å². The minimum Gasteiger partial charge on any atom is -0.490 e. The van der Waals surface area contributed by atoms with Gasteiger partial charge in [-0.1, -0.05) is 29.3 Å². The molecule has 0 saturated heterocycles. The summed E-state index contributed by atoms with van der Waals surface area (Å²) in [4.78, 5) is 23.9. The second kappa shape index (κ2) is 11.3. The third-order valence-electron chi connectivity index (χ3n) is 3.52. The molecule has 0 radical (unpaired) electrons. The van der Waals surface area contributed by atoms with Crippen molar-refractivity contribution >= 4 is 46.9 Å². The Hall–Kier alpha value is -2.77. The maximum Gasteiger partial charge on any atom is 0.249 e. The molecule has 0 spiro atoms. The fourth-order valence-electron chi connectivity index (χ4n) is 2.31. The van der Waals surface area contributed by atoms with Gasteiger partial charge in [-0.2, -0.15) is 5.10 Å². The van der Waals surface area contributed by atoms with Gasteiger partial charge in [0, 0.05) is 0 Å². The third-order valence-corrected chi connectivity index (χ3v) is 4.34. The van der Waals surface area contributed by atoms with Crippen LogP contribution in [0.2, 0.25) is 10.0 Å². The summed E-state index contributed by atoms with van der Waals surface area (Å²) in [5.41, 5.74) is 3.34. The van der Waals surface area contributed by atoms with E-state index in [-0.39, 0.29) is 5.02 Å². The number of anilines is 1. The molecule has 2 aromatic carbocycles. The number of amides is 2. The second-order valence-electron chi connectivity index (χ2n) is 5.69. The van der Waals surface area contributed by atoms with Crippen LogP contribution in [0.1, 0.15) is 25.8 Å². The Labute approximate surface area is 179 Å². The lowest BCUT2D eigenvalue weighted by Gasteiger charge is -2.11. The van der Waals surface area contributed by atoms with Gasteiger partial charge in [0.15, 0.2) is 11.5 Å². The third kappa shape index (κ3) is 6.96. The van der Waals surface area contributed by atoms with Crippen molar-refractivity contribution in [1.29, 1.82) is 0 Å². The van der Waals surface area contributed by atoms with E-state index in [1.54, 1.807) is 36.4 Å².